The molecule has 228 valence electrons. The molecule has 0 spiro atoms. The number of carbonyl (C=O) groups excluding carboxylic acids is 1. The zero-order valence-electron chi connectivity index (χ0n) is 24.4. The van der Waals surface area contributed by atoms with Crippen LogP contribution in [0.2, 0.25) is 0 Å². The molecule has 1 aliphatic rings. The third-order valence-electron chi connectivity index (χ3n) is 7.57. The summed E-state index contributed by atoms with van der Waals surface area (Å²) in [7, 11) is 2.78. The number of pyridine rings is 2. The number of benzene rings is 2. The van der Waals surface area contributed by atoms with Crippen molar-refractivity contribution in [1.82, 2.24) is 19.5 Å². The molecule has 1 fully saturated rings. The first-order valence-corrected chi connectivity index (χ1v) is 14.1. The van der Waals surface area contributed by atoms with Gasteiger partial charge in [0.05, 0.1) is 49.2 Å². The van der Waals surface area contributed by atoms with Crippen LogP contribution in [0.15, 0.2) is 60.8 Å². The molecule has 3 aromatic heterocycles. The fourth-order valence-corrected chi connectivity index (χ4v) is 5.10. The maximum Gasteiger partial charge on any atom is 0.337 e. The SMILES string of the molecule is COC(=O)c1ccc2nc(Cc3cc(F)c(-c4cccc(OCc5cnc(C#N)cc5OC)n4)cc3F)n(C[C@@H]3CCO3)c2c1. The second-order valence-electron chi connectivity index (χ2n) is 10.4. The predicted molar refractivity (Wildman–Crippen MR) is 158 cm³/mol. The Labute approximate surface area is 256 Å². The molecule has 0 radical (unpaired) electrons. The van der Waals surface area contributed by atoms with E-state index in [-0.39, 0.29) is 47.5 Å². The third kappa shape index (κ3) is 6.16. The topological polar surface area (TPSA) is 121 Å². The summed E-state index contributed by atoms with van der Waals surface area (Å²) in [6.07, 6.45) is 2.30. The molecule has 6 rings (SSSR count). The molecule has 0 N–H and O–H groups in total. The van der Waals surface area contributed by atoms with E-state index in [1.807, 2.05) is 10.6 Å². The summed E-state index contributed by atoms with van der Waals surface area (Å²) < 4.78 is 54.6. The minimum absolute atomic E-state index is 0.00896. The molecular weight excluding hydrogens is 584 g/mol. The van der Waals surface area contributed by atoms with Gasteiger partial charge in [-0.3, -0.25) is 0 Å². The fraction of sp³-hybridized carbons (Fsp3) is 0.242. The maximum atomic E-state index is 15.6. The van der Waals surface area contributed by atoms with Crippen LogP contribution in [-0.4, -0.2) is 52.4 Å². The Kier molecular flexibility index (Phi) is 8.35. The summed E-state index contributed by atoms with van der Waals surface area (Å²) in [6.45, 7) is 1.14. The first-order chi connectivity index (χ1) is 21.9. The van der Waals surface area contributed by atoms with Crippen molar-refractivity contribution in [3.8, 4) is 29.0 Å². The highest BCUT2D eigenvalue weighted by atomic mass is 19.1. The van der Waals surface area contributed by atoms with Gasteiger partial charge < -0.3 is 23.5 Å². The summed E-state index contributed by atoms with van der Waals surface area (Å²) in [5.74, 6) is -0.646. The van der Waals surface area contributed by atoms with Crippen molar-refractivity contribution < 1.29 is 32.5 Å². The molecule has 1 aliphatic heterocycles. The molecule has 0 saturated carbocycles. The van der Waals surface area contributed by atoms with Crippen molar-refractivity contribution in [3.05, 3.63) is 101 Å². The lowest BCUT2D eigenvalue weighted by Crippen LogP contribution is -2.31. The van der Waals surface area contributed by atoms with Gasteiger partial charge in [-0.05, 0) is 48.4 Å². The first kappa shape index (κ1) is 29.7. The van der Waals surface area contributed by atoms with Crippen LogP contribution in [-0.2, 0) is 29.0 Å². The van der Waals surface area contributed by atoms with Gasteiger partial charge in [0, 0.05) is 42.5 Å². The van der Waals surface area contributed by atoms with Crippen molar-refractivity contribution in [2.24, 2.45) is 0 Å². The maximum absolute atomic E-state index is 15.6. The molecule has 4 heterocycles. The molecule has 0 bridgehead atoms. The van der Waals surface area contributed by atoms with E-state index in [1.54, 1.807) is 36.4 Å². The van der Waals surface area contributed by atoms with Crippen LogP contribution in [0.1, 0.15) is 39.4 Å². The molecule has 5 aromatic rings. The minimum atomic E-state index is -0.660. The summed E-state index contributed by atoms with van der Waals surface area (Å²) >= 11 is 0. The third-order valence-corrected chi connectivity index (χ3v) is 7.57. The Bertz CT molecular complexity index is 1950. The van der Waals surface area contributed by atoms with E-state index >= 15 is 8.78 Å². The Morgan fingerprint density at radius 1 is 1.09 bits per heavy atom. The lowest BCUT2D eigenvalue weighted by atomic mass is 10.0. The van der Waals surface area contributed by atoms with Gasteiger partial charge in [0.25, 0.3) is 0 Å². The highest BCUT2D eigenvalue weighted by molar-refractivity contribution is 5.93. The largest absolute Gasteiger partial charge is 0.496 e. The van der Waals surface area contributed by atoms with Crippen molar-refractivity contribution in [2.45, 2.75) is 32.1 Å². The van der Waals surface area contributed by atoms with E-state index in [4.69, 9.17) is 24.2 Å². The van der Waals surface area contributed by atoms with Crippen LogP contribution in [0.25, 0.3) is 22.3 Å². The van der Waals surface area contributed by atoms with Crippen LogP contribution in [0.4, 0.5) is 8.78 Å². The number of fused-ring (bicyclic) bond motifs is 1. The zero-order chi connectivity index (χ0) is 31.5. The molecule has 45 heavy (non-hydrogen) atoms. The summed E-state index contributed by atoms with van der Waals surface area (Å²) in [4.78, 5) is 25.2. The Morgan fingerprint density at radius 3 is 2.67 bits per heavy atom. The van der Waals surface area contributed by atoms with E-state index in [0.717, 1.165) is 18.6 Å². The number of nitriles is 1. The fourth-order valence-electron chi connectivity index (χ4n) is 5.10. The summed E-state index contributed by atoms with van der Waals surface area (Å²) in [5.41, 5.74) is 2.71. The highest BCUT2D eigenvalue weighted by Crippen LogP contribution is 2.29. The Balaban J connectivity index is 1.26. The number of imidazole rings is 1. The van der Waals surface area contributed by atoms with Gasteiger partial charge in [-0.15, -0.1) is 0 Å². The monoisotopic (exact) mass is 611 g/mol. The van der Waals surface area contributed by atoms with Crippen LogP contribution < -0.4 is 9.47 Å². The van der Waals surface area contributed by atoms with Crippen molar-refractivity contribution in [2.75, 3.05) is 20.8 Å². The van der Waals surface area contributed by atoms with Crippen LogP contribution in [0.3, 0.4) is 0 Å². The van der Waals surface area contributed by atoms with Gasteiger partial charge in [-0.1, -0.05) is 6.07 Å². The summed E-state index contributed by atoms with van der Waals surface area (Å²) in [5, 5.41) is 9.06. The van der Waals surface area contributed by atoms with E-state index in [0.29, 0.717) is 46.9 Å². The van der Waals surface area contributed by atoms with E-state index in [1.165, 1.54) is 26.5 Å². The number of rotatable bonds is 10. The van der Waals surface area contributed by atoms with Gasteiger partial charge in [-0.25, -0.2) is 28.5 Å². The number of methoxy groups -OCH3 is 2. The lowest BCUT2D eigenvalue weighted by Gasteiger charge is -2.27. The number of halogens is 2. The molecular formula is C33H27F2N5O5. The molecule has 0 aliphatic carbocycles. The lowest BCUT2D eigenvalue weighted by molar-refractivity contribution is -0.0589. The smallest absolute Gasteiger partial charge is 0.337 e. The molecule has 0 unspecified atom stereocenters. The van der Waals surface area contributed by atoms with Crippen LogP contribution >= 0.6 is 0 Å². The number of nitrogens with zero attached hydrogens (tertiary/aromatic N) is 5. The average Bonchev–Trinajstić information content (AvgIpc) is 3.38. The van der Waals surface area contributed by atoms with Crippen LogP contribution in [0, 0.1) is 23.0 Å². The molecule has 10 nitrogen and oxygen atoms in total. The molecule has 1 atom stereocenters. The second kappa shape index (κ2) is 12.7. The van der Waals surface area contributed by atoms with Crippen molar-refractivity contribution >= 4 is 17.0 Å². The summed E-state index contributed by atoms with van der Waals surface area (Å²) in [6, 6.07) is 15.5. The van der Waals surface area contributed by atoms with Gasteiger partial charge >= 0.3 is 5.97 Å². The number of aromatic nitrogens is 4. The predicted octanol–water partition coefficient (Wildman–Crippen LogP) is 5.40. The Hall–Kier alpha value is -5.41. The normalized spacial score (nSPS) is 14.1. The molecule has 1 saturated heterocycles. The number of hydrogen-bond acceptors (Lipinski definition) is 9. The first-order valence-electron chi connectivity index (χ1n) is 14.1. The van der Waals surface area contributed by atoms with Gasteiger partial charge in [0.15, 0.2) is 0 Å². The second-order valence-corrected chi connectivity index (χ2v) is 10.4. The number of esters is 1. The molecule has 12 heteroatoms. The highest BCUT2D eigenvalue weighted by Gasteiger charge is 2.24. The van der Waals surface area contributed by atoms with E-state index in [9.17, 15) is 4.79 Å². The van der Waals surface area contributed by atoms with Crippen molar-refractivity contribution in [3.63, 3.8) is 0 Å². The van der Waals surface area contributed by atoms with Crippen molar-refractivity contribution in [1.29, 1.82) is 5.26 Å². The van der Waals surface area contributed by atoms with Gasteiger partial charge in [0.1, 0.15) is 41.6 Å². The van der Waals surface area contributed by atoms with Gasteiger partial charge in [-0.2, -0.15) is 5.26 Å². The van der Waals surface area contributed by atoms with E-state index in [2.05, 4.69) is 15.0 Å². The molecule has 0 amide bonds. The van der Waals surface area contributed by atoms with Gasteiger partial charge in [0.2, 0.25) is 5.88 Å². The molecule has 2 aromatic carbocycles. The number of carbonyl (C=O) groups is 1. The van der Waals surface area contributed by atoms with Crippen LogP contribution in [0.5, 0.6) is 11.6 Å². The minimum Gasteiger partial charge on any atom is -0.496 e. The number of ether oxygens (including phenoxy) is 4. The zero-order valence-corrected chi connectivity index (χ0v) is 24.4. The Morgan fingerprint density at radius 2 is 1.93 bits per heavy atom. The standard InChI is InChI=1S/C33H27F2N5O5/c1-42-30-13-22(15-36)37-16-21(30)18-45-32-5-3-4-27(39-32)24-14-25(34)20(10-26(24)35)12-31-38-28-7-6-19(33(41)43-2)11-29(28)40(31)17-23-8-9-44-23/h3-7,10-11,13-14,16,23H,8-9,12,17-18H2,1-2H3/t23-/m0/s1. The average molecular weight is 612 g/mol. The quantitative estimate of drug-likeness (QED) is 0.191. The number of hydrogen-bond donors (Lipinski definition) is 0. The van der Waals surface area contributed by atoms with E-state index < -0.39 is 17.6 Å².